The summed E-state index contributed by atoms with van der Waals surface area (Å²) in [4.78, 5) is 7.85. The number of aromatic nitrogens is 2. The molecule has 1 heterocycles. The van der Waals surface area contributed by atoms with Crippen molar-refractivity contribution in [1.29, 1.82) is 0 Å². The first-order valence-electron chi connectivity index (χ1n) is 6.12. The van der Waals surface area contributed by atoms with Gasteiger partial charge in [-0.05, 0) is 18.1 Å². The van der Waals surface area contributed by atoms with Gasteiger partial charge in [0.15, 0.2) is 0 Å². The van der Waals surface area contributed by atoms with Gasteiger partial charge < -0.3 is 0 Å². The van der Waals surface area contributed by atoms with Crippen molar-refractivity contribution >= 4 is 23.2 Å². The van der Waals surface area contributed by atoms with Gasteiger partial charge >= 0.3 is 6.18 Å². The highest BCUT2D eigenvalue weighted by atomic mass is 35.5. The molecule has 0 aliphatic rings. The Morgan fingerprint density at radius 1 is 1.05 bits per heavy atom. The molecule has 2 rings (SSSR count). The lowest BCUT2D eigenvalue weighted by atomic mass is 10.0. The molecule has 0 N–H and O–H groups in total. The van der Waals surface area contributed by atoms with Gasteiger partial charge in [0.1, 0.15) is 16.1 Å². The first-order chi connectivity index (χ1) is 9.78. The monoisotopic (exact) mass is 334 g/mol. The predicted molar refractivity (Wildman–Crippen MR) is 76.6 cm³/mol. The number of rotatable bonds is 3. The lowest BCUT2D eigenvalue weighted by Gasteiger charge is -2.11. The maximum atomic E-state index is 12.2. The van der Waals surface area contributed by atoms with Crippen LogP contribution in [0.15, 0.2) is 24.3 Å². The van der Waals surface area contributed by atoms with Gasteiger partial charge in [-0.1, -0.05) is 47.5 Å². The molecule has 112 valence electrons. The Morgan fingerprint density at radius 3 is 2.14 bits per heavy atom. The summed E-state index contributed by atoms with van der Waals surface area (Å²) < 4.78 is 36.7. The van der Waals surface area contributed by atoms with Gasteiger partial charge in [0, 0.05) is 6.42 Å². The number of aryl methyl sites for hydroxylation is 2. The van der Waals surface area contributed by atoms with Crippen molar-refractivity contribution in [2.75, 3.05) is 0 Å². The molecule has 0 saturated carbocycles. The summed E-state index contributed by atoms with van der Waals surface area (Å²) in [6.45, 7) is 1.87. The molecular weight excluding hydrogens is 324 g/mol. The summed E-state index contributed by atoms with van der Waals surface area (Å²) in [5.74, 6) is -0.0142. The Morgan fingerprint density at radius 2 is 1.62 bits per heavy atom. The van der Waals surface area contributed by atoms with Crippen LogP contribution in [0.4, 0.5) is 13.2 Å². The van der Waals surface area contributed by atoms with Crippen LogP contribution in [0.25, 0.3) is 11.1 Å². The standard InChI is InChI=1S/C14H11Cl2F3N2/c1-8-4-2-3-5-9(8)11-12(15)20-10(21-13(11)16)6-7-14(17,18)19/h2-5H,6-7H2,1H3. The van der Waals surface area contributed by atoms with Gasteiger partial charge in [0.05, 0.1) is 12.0 Å². The highest BCUT2D eigenvalue weighted by molar-refractivity contribution is 6.37. The third-order valence-electron chi connectivity index (χ3n) is 2.91. The summed E-state index contributed by atoms with van der Waals surface area (Å²) in [5, 5.41) is 0.114. The second kappa shape index (κ2) is 6.20. The molecule has 0 saturated heterocycles. The van der Waals surface area contributed by atoms with Crippen molar-refractivity contribution in [2.24, 2.45) is 0 Å². The van der Waals surface area contributed by atoms with Gasteiger partial charge in [0.25, 0.3) is 0 Å². The Labute approximate surface area is 129 Å². The molecule has 2 aromatic rings. The number of nitrogens with zero attached hydrogens (tertiary/aromatic N) is 2. The molecule has 0 amide bonds. The van der Waals surface area contributed by atoms with Crippen molar-refractivity contribution in [2.45, 2.75) is 25.9 Å². The highest BCUT2D eigenvalue weighted by Crippen LogP contribution is 2.34. The van der Waals surface area contributed by atoms with Gasteiger partial charge in [0.2, 0.25) is 0 Å². The van der Waals surface area contributed by atoms with Crippen molar-refractivity contribution in [3.63, 3.8) is 0 Å². The summed E-state index contributed by atoms with van der Waals surface area (Å²) in [7, 11) is 0. The molecule has 0 aliphatic carbocycles. The van der Waals surface area contributed by atoms with E-state index in [0.29, 0.717) is 5.56 Å². The number of hydrogen-bond acceptors (Lipinski definition) is 2. The summed E-state index contributed by atoms with van der Waals surface area (Å²) >= 11 is 12.1. The average Bonchev–Trinajstić information content (AvgIpc) is 2.37. The van der Waals surface area contributed by atoms with Gasteiger partial charge in [-0.25, -0.2) is 9.97 Å². The van der Waals surface area contributed by atoms with Crippen LogP contribution in [-0.2, 0) is 6.42 Å². The third-order valence-corrected chi connectivity index (χ3v) is 3.46. The van der Waals surface area contributed by atoms with E-state index in [0.717, 1.165) is 11.1 Å². The normalized spacial score (nSPS) is 11.7. The first kappa shape index (κ1) is 16.0. The van der Waals surface area contributed by atoms with E-state index in [9.17, 15) is 13.2 Å². The topological polar surface area (TPSA) is 25.8 Å². The van der Waals surface area contributed by atoms with E-state index < -0.39 is 12.6 Å². The number of benzene rings is 1. The fourth-order valence-corrected chi connectivity index (χ4v) is 2.52. The molecule has 0 spiro atoms. The van der Waals surface area contributed by atoms with Crippen LogP contribution in [0.3, 0.4) is 0 Å². The highest BCUT2D eigenvalue weighted by Gasteiger charge is 2.27. The summed E-state index contributed by atoms with van der Waals surface area (Å²) in [5.41, 5.74) is 2.12. The minimum absolute atomic E-state index is 0.0142. The van der Waals surface area contributed by atoms with Gasteiger partial charge in [-0.2, -0.15) is 13.2 Å². The van der Waals surface area contributed by atoms with Crippen molar-refractivity contribution < 1.29 is 13.2 Å². The average molecular weight is 335 g/mol. The van der Waals surface area contributed by atoms with Crippen molar-refractivity contribution in [3.05, 3.63) is 46.0 Å². The quantitative estimate of drug-likeness (QED) is 0.716. The lowest BCUT2D eigenvalue weighted by molar-refractivity contribution is -0.134. The Balaban J connectivity index is 2.37. The molecule has 2 nitrogen and oxygen atoms in total. The number of halogens is 5. The zero-order valence-electron chi connectivity index (χ0n) is 11.0. The zero-order chi connectivity index (χ0) is 15.6. The molecule has 0 unspecified atom stereocenters. The first-order valence-corrected chi connectivity index (χ1v) is 6.88. The third kappa shape index (κ3) is 4.08. The van der Waals surface area contributed by atoms with Crippen molar-refractivity contribution in [3.8, 4) is 11.1 Å². The van der Waals surface area contributed by atoms with E-state index in [2.05, 4.69) is 9.97 Å². The molecule has 0 atom stereocenters. The van der Waals surface area contributed by atoms with Gasteiger partial charge in [-0.3, -0.25) is 0 Å². The minimum atomic E-state index is -4.27. The lowest BCUT2D eigenvalue weighted by Crippen LogP contribution is -2.10. The van der Waals surface area contributed by atoms with E-state index in [1.807, 2.05) is 25.1 Å². The van der Waals surface area contributed by atoms with Crippen LogP contribution in [0.2, 0.25) is 10.3 Å². The summed E-state index contributed by atoms with van der Waals surface area (Å²) in [6, 6.07) is 7.35. The molecular formula is C14H11Cl2F3N2. The molecule has 1 aromatic carbocycles. The minimum Gasteiger partial charge on any atom is -0.220 e. The molecule has 0 bridgehead atoms. The van der Waals surface area contributed by atoms with Crippen LogP contribution >= 0.6 is 23.2 Å². The van der Waals surface area contributed by atoms with E-state index >= 15 is 0 Å². The van der Waals surface area contributed by atoms with Crippen LogP contribution in [0, 0.1) is 6.92 Å². The second-order valence-electron chi connectivity index (χ2n) is 4.53. The van der Waals surface area contributed by atoms with Crippen molar-refractivity contribution in [1.82, 2.24) is 9.97 Å². The van der Waals surface area contributed by atoms with E-state index in [1.165, 1.54) is 0 Å². The van der Waals surface area contributed by atoms with Crippen LogP contribution in [0.5, 0.6) is 0 Å². The largest absolute Gasteiger partial charge is 0.389 e. The Bertz CT molecular complexity index is 634. The predicted octanol–water partition coefficient (Wildman–Crippen LogP) is 5.25. The number of alkyl halides is 3. The van der Waals surface area contributed by atoms with E-state index in [1.54, 1.807) is 6.07 Å². The maximum Gasteiger partial charge on any atom is 0.389 e. The van der Waals surface area contributed by atoms with Crippen LogP contribution in [0.1, 0.15) is 17.8 Å². The fraction of sp³-hybridized carbons (Fsp3) is 0.286. The second-order valence-corrected chi connectivity index (χ2v) is 5.24. The fourth-order valence-electron chi connectivity index (χ4n) is 1.89. The number of hydrogen-bond donors (Lipinski definition) is 0. The van der Waals surface area contributed by atoms with Gasteiger partial charge in [-0.15, -0.1) is 0 Å². The molecule has 7 heteroatoms. The molecule has 0 radical (unpaired) electrons. The Kier molecular flexibility index (Phi) is 4.74. The van der Waals surface area contributed by atoms with E-state index in [4.69, 9.17) is 23.2 Å². The SMILES string of the molecule is Cc1ccccc1-c1c(Cl)nc(CCC(F)(F)F)nc1Cl. The molecule has 21 heavy (non-hydrogen) atoms. The smallest absolute Gasteiger partial charge is 0.220 e. The van der Waals surface area contributed by atoms with Crippen LogP contribution in [-0.4, -0.2) is 16.1 Å². The molecule has 0 aliphatic heterocycles. The zero-order valence-corrected chi connectivity index (χ0v) is 12.5. The molecule has 0 fully saturated rings. The molecule has 1 aromatic heterocycles. The van der Waals surface area contributed by atoms with E-state index in [-0.39, 0.29) is 22.6 Å². The van der Waals surface area contributed by atoms with Crippen LogP contribution < -0.4 is 0 Å². The summed E-state index contributed by atoms with van der Waals surface area (Å²) in [6.07, 6.45) is -5.63. The Hall–Kier alpha value is -1.33. The maximum absolute atomic E-state index is 12.2.